The standard InChI is InChI=1S/C26H20F7N3O2/c1-14(16-9-17(25(28,29)30)11-18(10-16)26(31,32)33)38-22-12-23-34-35-24(21-3-2-8-37-21)36(23)13-20(22)15-4-6-19(27)7-5-15/h2-11,14,20,22H,12-13H2,1H3/t14-,20-,22+/m1/s1. The molecule has 0 unspecified atom stereocenters. The molecule has 0 radical (unpaired) electrons. The molecule has 38 heavy (non-hydrogen) atoms. The lowest BCUT2D eigenvalue weighted by Crippen LogP contribution is -2.35. The van der Waals surface area contributed by atoms with Crippen LogP contribution in [0.25, 0.3) is 11.6 Å². The number of alkyl halides is 6. The molecule has 0 amide bonds. The highest BCUT2D eigenvalue weighted by Gasteiger charge is 2.39. The summed E-state index contributed by atoms with van der Waals surface area (Å²) in [6.07, 6.45) is -10.2. The highest BCUT2D eigenvalue weighted by Crippen LogP contribution is 2.40. The molecule has 1 aliphatic heterocycles. The van der Waals surface area contributed by atoms with Gasteiger partial charge in [0.25, 0.3) is 0 Å². The van der Waals surface area contributed by atoms with E-state index in [1.165, 1.54) is 25.3 Å². The number of rotatable bonds is 5. The van der Waals surface area contributed by atoms with Crippen LogP contribution in [0.2, 0.25) is 0 Å². The van der Waals surface area contributed by atoms with Gasteiger partial charge in [-0.3, -0.25) is 0 Å². The first-order valence-corrected chi connectivity index (χ1v) is 11.6. The Labute approximate surface area is 211 Å². The number of aromatic nitrogens is 3. The Balaban J connectivity index is 1.50. The summed E-state index contributed by atoms with van der Waals surface area (Å²) in [7, 11) is 0. The van der Waals surface area contributed by atoms with E-state index in [0.29, 0.717) is 35.1 Å². The lowest BCUT2D eigenvalue weighted by Gasteiger charge is -2.35. The van der Waals surface area contributed by atoms with E-state index in [4.69, 9.17) is 9.15 Å². The van der Waals surface area contributed by atoms with Gasteiger partial charge in [0.2, 0.25) is 0 Å². The van der Waals surface area contributed by atoms with Crippen LogP contribution >= 0.6 is 0 Å². The third-order valence-corrected chi connectivity index (χ3v) is 6.54. The van der Waals surface area contributed by atoms with E-state index in [2.05, 4.69) is 10.2 Å². The molecule has 3 atom stereocenters. The molecule has 0 spiro atoms. The van der Waals surface area contributed by atoms with Crippen molar-refractivity contribution in [3.05, 3.63) is 94.8 Å². The van der Waals surface area contributed by atoms with Crippen LogP contribution in [0.4, 0.5) is 30.7 Å². The highest BCUT2D eigenvalue weighted by atomic mass is 19.4. The Morgan fingerprint density at radius 2 is 1.61 bits per heavy atom. The summed E-state index contributed by atoms with van der Waals surface area (Å²) < 4.78 is 107. The predicted molar refractivity (Wildman–Crippen MR) is 120 cm³/mol. The van der Waals surface area contributed by atoms with Gasteiger partial charge < -0.3 is 13.7 Å². The minimum atomic E-state index is -4.98. The second-order valence-corrected chi connectivity index (χ2v) is 9.05. The van der Waals surface area contributed by atoms with Crippen molar-refractivity contribution >= 4 is 0 Å². The van der Waals surface area contributed by atoms with E-state index in [1.807, 2.05) is 4.57 Å². The average molecular weight is 539 g/mol. The predicted octanol–water partition coefficient (Wildman–Crippen LogP) is 7.20. The summed E-state index contributed by atoms with van der Waals surface area (Å²) in [6.45, 7) is 1.66. The molecule has 3 heterocycles. The van der Waals surface area contributed by atoms with Gasteiger partial charge in [0.05, 0.1) is 29.6 Å². The van der Waals surface area contributed by atoms with Crippen molar-refractivity contribution in [1.29, 1.82) is 0 Å². The molecular weight excluding hydrogens is 519 g/mol. The highest BCUT2D eigenvalue weighted by molar-refractivity contribution is 5.47. The van der Waals surface area contributed by atoms with Crippen molar-refractivity contribution in [3.63, 3.8) is 0 Å². The molecule has 5 nitrogen and oxygen atoms in total. The third-order valence-electron chi connectivity index (χ3n) is 6.54. The molecule has 0 N–H and O–H groups in total. The molecule has 0 saturated carbocycles. The molecule has 0 fully saturated rings. The van der Waals surface area contributed by atoms with Gasteiger partial charge in [-0.15, -0.1) is 10.2 Å². The molecule has 2 aromatic carbocycles. The van der Waals surface area contributed by atoms with Crippen LogP contribution in [-0.4, -0.2) is 20.9 Å². The third kappa shape index (κ3) is 5.17. The smallest absolute Gasteiger partial charge is 0.416 e. The maximum Gasteiger partial charge on any atom is 0.416 e. The van der Waals surface area contributed by atoms with Crippen LogP contribution in [0.3, 0.4) is 0 Å². The molecule has 12 heteroatoms. The van der Waals surface area contributed by atoms with E-state index in [1.54, 1.807) is 24.3 Å². The van der Waals surface area contributed by atoms with Crippen molar-refractivity contribution in [2.45, 2.75) is 50.4 Å². The quantitative estimate of drug-likeness (QED) is 0.252. The second kappa shape index (κ2) is 9.57. The number of fused-ring (bicyclic) bond motifs is 1. The Bertz CT molecular complexity index is 1380. The van der Waals surface area contributed by atoms with E-state index < -0.39 is 47.4 Å². The Kier molecular flexibility index (Phi) is 6.54. The van der Waals surface area contributed by atoms with E-state index in [9.17, 15) is 30.7 Å². The minimum absolute atomic E-state index is 0.0801. The van der Waals surface area contributed by atoms with Crippen molar-refractivity contribution in [3.8, 4) is 11.6 Å². The fourth-order valence-electron chi connectivity index (χ4n) is 4.63. The first kappa shape index (κ1) is 26.0. The maximum absolute atomic E-state index is 13.6. The van der Waals surface area contributed by atoms with Gasteiger partial charge in [0.1, 0.15) is 11.6 Å². The zero-order valence-electron chi connectivity index (χ0n) is 19.7. The molecule has 0 bridgehead atoms. The van der Waals surface area contributed by atoms with E-state index in [0.717, 1.165) is 0 Å². The first-order valence-electron chi connectivity index (χ1n) is 11.6. The van der Waals surface area contributed by atoms with Gasteiger partial charge in [-0.1, -0.05) is 12.1 Å². The van der Waals surface area contributed by atoms with Crippen LogP contribution in [0.15, 0.2) is 65.3 Å². The lowest BCUT2D eigenvalue weighted by molar-refractivity contribution is -0.143. The molecular formula is C26H20F7N3O2. The van der Waals surface area contributed by atoms with Gasteiger partial charge >= 0.3 is 12.4 Å². The topological polar surface area (TPSA) is 53.1 Å². The number of benzene rings is 2. The van der Waals surface area contributed by atoms with Crippen molar-refractivity contribution in [1.82, 2.24) is 14.8 Å². The monoisotopic (exact) mass is 539 g/mol. The SMILES string of the molecule is C[C@@H](O[C@H]1Cc2nnc(-c3ccco3)n2C[C@@H]1c1ccc(F)cc1)c1cc(C(F)(F)F)cc(C(F)(F)F)c1. The second-order valence-electron chi connectivity index (χ2n) is 9.05. The molecule has 2 aromatic heterocycles. The molecule has 0 saturated heterocycles. The number of hydrogen-bond donors (Lipinski definition) is 0. The van der Waals surface area contributed by atoms with Crippen LogP contribution in [0, 0.1) is 5.82 Å². The fourth-order valence-corrected chi connectivity index (χ4v) is 4.63. The largest absolute Gasteiger partial charge is 0.461 e. The summed E-state index contributed by atoms with van der Waals surface area (Å²) in [4.78, 5) is 0. The first-order chi connectivity index (χ1) is 17.9. The normalized spacial score (nSPS) is 18.8. The van der Waals surface area contributed by atoms with Crippen LogP contribution in [0.5, 0.6) is 0 Å². The average Bonchev–Trinajstić information content (AvgIpc) is 3.52. The molecule has 5 rings (SSSR count). The van der Waals surface area contributed by atoms with E-state index >= 15 is 0 Å². The number of halogens is 7. The van der Waals surface area contributed by atoms with E-state index in [-0.39, 0.29) is 24.6 Å². The molecule has 200 valence electrons. The Hall–Kier alpha value is -3.67. The Morgan fingerprint density at radius 1 is 0.947 bits per heavy atom. The molecule has 4 aromatic rings. The van der Waals surface area contributed by atoms with Gasteiger partial charge in [-0.25, -0.2) is 4.39 Å². The van der Waals surface area contributed by atoms with Crippen LogP contribution < -0.4 is 0 Å². The van der Waals surface area contributed by atoms with Crippen molar-refractivity contribution in [2.75, 3.05) is 0 Å². The van der Waals surface area contributed by atoms with Crippen molar-refractivity contribution < 1.29 is 39.9 Å². The zero-order chi connectivity index (χ0) is 27.2. The van der Waals surface area contributed by atoms with Gasteiger partial charge in [-0.2, -0.15) is 26.3 Å². The van der Waals surface area contributed by atoms with Crippen molar-refractivity contribution in [2.24, 2.45) is 0 Å². The number of furan rings is 1. The summed E-state index contributed by atoms with van der Waals surface area (Å²) in [6, 6.07) is 10.5. The van der Waals surface area contributed by atoms with Gasteiger partial charge in [-0.05, 0) is 60.5 Å². The summed E-state index contributed by atoms with van der Waals surface area (Å²) in [5.74, 6) is 0.532. The zero-order valence-corrected chi connectivity index (χ0v) is 19.7. The number of ether oxygens (including phenoxy) is 1. The summed E-state index contributed by atoms with van der Waals surface area (Å²) in [5.41, 5.74) is -2.43. The van der Waals surface area contributed by atoms with Crippen LogP contribution in [-0.2, 0) is 30.1 Å². The summed E-state index contributed by atoms with van der Waals surface area (Å²) in [5, 5.41) is 8.38. The van der Waals surface area contributed by atoms with Gasteiger partial charge in [0.15, 0.2) is 11.6 Å². The molecule has 1 aliphatic rings. The number of hydrogen-bond acceptors (Lipinski definition) is 4. The minimum Gasteiger partial charge on any atom is -0.461 e. The van der Waals surface area contributed by atoms with Crippen LogP contribution in [0.1, 0.15) is 47.0 Å². The fraction of sp³-hybridized carbons (Fsp3) is 0.308. The number of nitrogens with zero attached hydrogens (tertiary/aromatic N) is 3. The maximum atomic E-state index is 13.6. The molecule has 0 aliphatic carbocycles. The lowest BCUT2D eigenvalue weighted by atomic mass is 9.88. The summed E-state index contributed by atoms with van der Waals surface area (Å²) >= 11 is 0. The van der Waals surface area contributed by atoms with Gasteiger partial charge in [0, 0.05) is 18.9 Å². The Morgan fingerprint density at radius 3 is 2.18 bits per heavy atom.